The van der Waals surface area contributed by atoms with Crippen LogP contribution in [0, 0.1) is 20.8 Å². The van der Waals surface area contributed by atoms with Gasteiger partial charge in [-0.05, 0) is 49.9 Å². The lowest BCUT2D eigenvalue weighted by atomic mass is 10.1. The molecule has 1 amide bonds. The zero-order valence-electron chi connectivity index (χ0n) is 18.0. The second kappa shape index (κ2) is 10.1. The standard InChI is InChI=1S/C24H26N4OS.ClH/c1-17-6-4-7-20(13-17)15-22(29)28(10-5-9-27-11-8-25-16-27)24-26-21-14-18(2)12-19(3)23(21)30-24;/h4,6-8,11-14,16H,5,9-10,15H2,1-3H3;1H. The highest BCUT2D eigenvalue weighted by Gasteiger charge is 2.20. The van der Waals surface area contributed by atoms with E-state index in [9.17, 15) is 4.79 Å². The smallest absolute Gasteiger partial charge is 0.233 e. The fourth-order valence-corrected chi connectivity index (χ4v) is 4.79. The molecule has 0 radical (unpaired) electrons. The number of hydrogen-bond donors (Lipinski definition) is 0. The molecule has 0 unspecified atom stereocenters. The summed E-state index contributed by atoms with van der Waals surface area (Å²) in [5, 5.41) is 0.780. The van der Waals surface area contributed by atoms with Gasteiger partial charge in [-0.3, -0.25) is 9.69 Å². The number of carbonyl (C=O) groups excluding carboxylic acids is 1. The van der Waals surface area contributed by atoms with Gasteiger partial charge in [-0.1, -0.05) is 47.2 Å². The fraction of sp³-hybridized carbons (Fsp3) is 0.292. The van der Waals surface area contributed by atoms with Crippen LogP contribution in [0.5, 0.6) is 0 Å². The molecule has 2 aromatic heterocycles. The van der Waals surface area contributed by atoms with Gasteiger partial charge in [0.15, 0.2) is 5.13 Å². The lowest BCUT2D eigenvalue weighted by Crippen LogP contribution is -2.33. The second-order valence-corrected chi connectivity index (χ2v) is 8.77. The molecule has 0 aliphatic rings. The zero-order valence-corrected chi connectivity index (χ0v) is 19.7. The molecule has 2 heterocycles. The molecule has 0 aliphatic heterocycles. The maximum absolute atomic E-state index is 13.3. The van der Waals surface area contributed by atoms with Crippen molar-refractivity contribution in [1.29, 1.82) is 0 Å². The van der Waals surface area contributed by atoms with E-state index in [0.717, 1.165) is 39.4 Å². The minimum Gasteiger partial charge on any atom is -0.337 e. The molecule has 0 atom stereocenters. The van der Waals surface area contributed by atoms with Gasteiger partial charge >= 0.3 is 0 Å². The molecule has 7 heteroatoms. The summed E-state index contributed by atoms with van der Waals surface area (Å²) in [6.45, 7) is 7.68. The van der Waals surface area contributed by atoms with Crippen LogP contribution >= 0.6 is 23.7 Å². The van der Waals surface area contributed by atoms with Crippen LogP contribution < -0.4 is 4.90 Å². The van der Waals surface area contributed by atoms with E-state index >= 15 is 0 Å². The molecule has 0 spiro atoms. The molecule has 31 heavy (non-hydrogen) atoms. The van der Waals surface area contributed by atoms with Crippen LogP contribution in [-0.4, -0.2) is 27.0 Å². The number of imidazole rings is 1. The highest BCUT2D eigenvalue weighted by molar-refractivity contribution is 7.22. The van der Waals surface area contributed by atoms with E-state index in [1.54, 1.807) is 17.5 Å². The van der Waals surface area contributed by atoms with E-state index in [1.807, 2.05) is 34.1 Å². The topological polar surface area (TPSA) is 51.0 Å². The lowest BCUT2D eigenvalue weighted by Gasteiger charge is -2.20. The van der Waals surface area contributed by atoms with E-state index in [0.29, 0.717) is 13.0 Å². The van der Waals surface area contributed by atoms with Crippen LogP contribution in [0.15, 0.2) is 55.1 Å². The summed E-state index contributed by atoms with van der Waals surface area (Å²) < 4.78 is 3.19. The van der Waals surface area contributed by atoms with Gasteiger partial charge in [-0.15, -0.1) is 12.4 Å². The average molecular weight is 455 g/mol. The quantitative estimate of drug-likeness (QED) is 0.370. The second-order valence-electron chi connectivity index (χ2n) is 7.79. The summed E-state index contributed by atoms with van der Waals surface area (Å²) in [7, 11) is 0. The number of halogens is 1. The molecule has 162 valence electrons. The van der Waals surface area contributed by atoms with Crippen molar-refractivity contribution < 1.29 is 4.79 Å². The van der Waals surface area contributed by atoms with Crippen molar-refractivity contribution >= 4 is 45.0 Å². The molecule has 0 aliphatic carbocycles. The fourth-order valence-electron chi connectivity index (χ4n) is 3.73. The van der Waals surface area contributed by atoms with Crippen molar-refractivity contribution in [2.45, 2.75) is 40.2 Å². The first-order valence-corrected chi connectivity index (χ1v) is 11.0. The number of rotatable bonds is 7. The Balaban J connectivity index is 0.00000272. The van der Waals surface area contributed by atoms with E-state index in [-0.39, 0.29) is 18.3 Å². The number of benzene rings is 2. The molecule has 0 saturated carbocycles. The number of carbonyl (C=O) groups is 1. The number of anilines is 1. The van der Waals surface area contributed by atoms with Crippen LogP contribution in [0.2, 0.25) is 0 Å². The number of fused-ring (bicyclic) bond motifs is 1. The van der Waals surface area contributed by atoms with E-state index in [2.05, 4.69) is 50.0 Å². The first kappa shape index (κ1) is 23.0. The Morgan fingerprint density at radius 2 is 1.97 bits per heavy atom. The average Bonchev–Trinajstić information content (AvgIpc) is 3.35. The molecular formula is C24H27ClN4OS. The van der Waals surface area contributed by atoms with Gasteiger partial charge in [-0.2, -0.15) is 0 Å². The molecule has 5 nitrogen and oxygen atoms in total. The van der Waals surface area contributed by atoms with Gasteiger partial charge < -0.3 is 4.57 Å². The Morgan fingerprint density at radius 3 is 2.71 bits per heavy atom. The van der Waals surface area contributed by atoms with Crippen molar-refractivity contribution in [3.05, 3.63) is 77.4 Å². The first-order chi connectivity index (χ1) is 14.5. The zero-order chi connectivity index (χ0) is 21.1. The van der Waals surface area contributed by atoms with Crippen molar-refractivity contribution in [1.82, 2.24) is 14.5 Å². The van der Waals surface area contributed by atoms with Crippen molar-refractivity contribution in [2.24, 2.45) is 0 Å². The Hall–Kier alpha value is -2.70. The van der Waals surface area contributed by atoms with Crippen LogP contribution in [0.1, 0.15) is 28.7 Å². The van der Waals surface area contributed by atoms with Gasteiger partial charge in [0, 0.05) is 25.5 Å². The number of aromatic nitrogens is 3. The van der Waals surface area contributed by atoms with Crippen molar-refractivity contribution in [3.8, 4) is 0 Å². The van der Waals surface area contributed by atoms with Crippen LogP contribution in [-0.2, 0) is 17.8 Å². The summed E-state index contributed by atoms with van der Waals surface area (Å²) in [5.41, 5.74) is 5.56. The third-order valence-corrected chi connectivity index (χ3v) is 6.37. The number of nitrogens with zero attached hydrogens (tertiary/aromatic N) is 4. The minimum atomic E-state index is 0. The molecule has 2 aromatic carbocycles. The normalized spacial score (nSPS) is 10.8. The maximum atomic E-state index is 13.3. The Morgan fingerprint density at radius 1 is 1.13 bits per heavy atom. The maximum Gasteiger partial charge on any atom is 0.233 e. The molecule has 0 fully saturated rings. The molecule has 4 rings (SSSR count). The number of hydrogen-bond acceptors (Lipinski definition) is 4. The summed E-state index contributed by atoms with van der Waals surface area (Å²) in [6.07, 6.45) is 6.75. The number of thiazole rings is 1. The van der Waals surface area contributed by atoms with Crippen LogP contribution in [0.25, 0.3) is 10.2 Å². The molecule has 0 saturated heterocycles. The summed E-state index contributed by atoms with van der Waals surface area (Å²) in [6, 6.07) is 12.4. The highest BCUT2D eigenvalue weighted by atomic mass is 35.5. The molecular weight excluding hydrogens is 428 g/mol. The highest BCUT2D eigenvalue weighted by Crippen LogP contribution is 2.32. The predicted octanol–water partition coefficient (Wildman–Crippen LogP) is 5.51. The predicted molar refractivity (Wildman–Crippen MR) is 130 cm³/mol. The van der Waals surface area contributed by atoms with E-state index < -0.39 is 0 Å². The summed E-state index contributed by atoms with van der Waals surface area (Å²) in [5.74, 6) is 0.0830. The summed E-state index contributed by atoms with van der Waals surface area (Å²) >= 11 is 1.61. The summed E-state index contributed by atoms with van der Waals surface area (Å²) in [4.78, 5) is 24.1. The van der Waals surface area contributed by atoms with Gasteiger partial charge in [-0.25, -0.2) is 9.97 Å². The number of aryl methyl sites for hydroxylation is 4. The first-order valence-electron chi connectivity index (χ1n) is 10.2. The largest absolute Gasteiger partial charge is 0.337 e. The Kier molecular flexibility index (Phi) is 7.46. The van der Waals surface area contributed by atoms with E-state index in [1.165, 1.54) is 11.1 Å². The Bertz CT molecular complexity index is 1170. The van der Waals surface area contributed by atoms with Crippen molar-refractivity contribution in [2.75, 3.05) is 11.4 Å². The third kappa shape index (κ3) is 5.51. The van der Waals surface area contributed by atoms with Crippen LogP contribution in [0.4, 0.5) is 5.13 Å². The third-order valence-electron chi connectivity index (χ3n) is 5.14. The number of amides is 1. The SMILES string of the molecule is Cc1cccc(CC(=O)N(CCCn2ccnc2)c2nc3cc(C)cc(C)c3s2)c1.Cl. The molecule has 0 bridgehead atoms. The Labute approximate surface area is 193 Å². The van der Waals surface area contributed by atoms with Crippen molar-refractivity contribution in [3.63, 3.8) is 0 Å². The van der Waals surface area contributed by atoms with Gasteiger partial charge in [0.25, 0.3) is 0 Å². The van der Waals surface area contributed by atoms with Gasteiger partial charge in [0.2, 0.25) is 5.91 Å². The minimum absolute atomic E-state index is 0. The molecule has 0 N–H and O–H groups in total. The van der Waals surface area contributed by atoms with Gasteiger partial charge in [0.1, 0.15) is 0 Å². The monoisotopic (exact) mass is 454 g/mol. The van der Waals surface area contributed by atoms with Gasteiger partial charge in [0.05, 0.1) is 23.0 Å². The van der Waals surface area contributed by atoms with Crippen LogP contribution in [0.3, 0.4) is 0 Å². The van der Waals surface area contributed by atoms with E-state index in [4.69, 9.17) is 4.98 Å². The lowest BCUT2D eigenvalue weighted by molar-refractivity contribution is -0.118. The molecule has 4 aromatic rings.